The first-order valence-electron chi connectivity index (χ1n) is 8.03. The van der Waals surface area contributed by atoms with Crippen molar-refractivity contribution in [2.75, 3.05) is 20.2 Å². The lowest BCUT2D eigenvalue weighted by atomic mass is 9.90. The highest BCUT2D eigenvalue weighted by Gasteiger charge is 2.37. The van der Waals surface area contributed by atoms with Gasteiger partial charge in [-0.05, 0) is 59.5 Å². The van der Waals surface area contributed by atoms with Gasteiger partial charge < -0.3 is 10.1 Å². The highest BCUT2D eigenvalue weighted by Crippen LogP contribution is 2.24. The predicted molar refractivity (Wildman–Crippen MR) is 82.8 cm³/mol. The zero-order chi connectivity index (χ0) is 15.2. The van der Waals surface area contributed by atoms with E-state index in [1.54, 1.807) is 0 Å². The summed E-state index contributed by atoms with van der Waals surface area (Å²) in [4.78, 5) is 14.7. The summed E-state index contributed by atoms with van der Waals surface area (Å²) in [7, 11) is 1.47. The van der Waals surface area contributed by atoms with Gasteiger partial charge in [-0.25, -0.2) is 0 Å². The number of methoxy groups -OCH3 is 1. The smallest absolute Gasteiger partial charge is 0.325 e. The van der Waals surface area contributed by atoms with Crippen molar-refractivity contribution in [1.82, 2.24) is 10.2 Å². The van der Waals surface area contributed by atoms with E-state index in [0.717, 1.165) is 25.9 Å². The molecule has 1 heterocycles. The molecule has 4 heteroatoms. The molecule has 0 aliphatic carbocycles. The number of likely N-dealkylation sites (tertiary alicyclic amines) is 1. The van der Waals surface area contributed by atoms with E-state index in [1.807, 2.05) is 6.92 Å². The number of nitrogens with one attached hydrogen (secondary N) is 1. The van der Waals surface area contributed by atoms with Crippen LogP contribution in [0.15, 0.2) is 0 Å². The molecule has 0 aromatic heterocycles. The van der Waals surface area contributed by atoms with E-state index in [1.165, 1.54) is 26.4 Å². The number of esters is 1. The fourth-order valence-corrected chi connectivity index (χ4v) is 3.34. The van der Waals surface area contributed by atoms with Crippen LogP contribution in [-0.4, -0.2) is 48.7 Å². The van der Waals surface area contributed by atoms with Gasteiger partial charge in [-0.3, -0.25) is 9.69 Å². The molecule has 1 saturated heterocycles. The molecule has 3 unspecified atom stereocenters. The van der Waals surface area contributed by atoms with Crippen molar-refractivity contribution in [3.05, 3.63) is 0 Å². The molecule has 118 valence electrons. The van der Waals surface area contributed by atoms with E-state index in [0.29, 0.717) is 12.1 Å². The lowest BCUT2D eigenvalue weighted by Gasteiger charge is -2.41. The number of hydrogen-bond donors (Lipinski definition) is 1. The van der Waals surface area contributed by atoms with Crippen molar-refractivity contribution in [3.8, 4) is 0 Å². The molecule has 0 saturated carbocycles. The first kappa shape index (κ1) is 17.4. The van der Waals surface area contributed by atoms with Crippen LogP contribution in [0.3, 0.4) is 0 Å². The van der Waals surface area contributed by atoms with Crippen molar-refractivity contribution in [2.45, 2.75) is 77.4 Å². The Morgan fingerprint density at radius 1 is 1.50 bits per heavy atom. The summed E-state index contributed by atoms with van der Waals surface area (Å²) in [5.41, 5.74) is -0.582. The molecule has 0 spiro atoms. The normalized spacial score (nSPS) is 24.9. The molecule has 1 rings (SSSR count). The Labute approximate surface area is 124 Å². The number of carbonyl (C=O) groups excluding carboxylic acids is 1. The summed E-state index contributed by atoms with van der Waals surface area (Å²) >= 11 is 0. The number of rotatable bonds is 7. The van der Waals surface area contributed by atoms with Crippen molar-refractivity contribution in [3.63, 3.8) is 0 Å². The zero-order valence-corrected chi connectivity index (χ0v) is 13.9. The van der Waals surface area contributed by atoms with Crippen LogP contribution in [0.1, 0.15) is 59.8 Å². The predicted octanol–water partition coefficient (Wildman–Crippen LogP) is 2.57. The van der Waals surface area contributed by atoms with Gasteiger partial charge in [-0.15, -0.1) is 0 Å². The van der Waals surface area contributed by atoms with Gasteiger partial charge in [0.2, 0.25) is 0 Å². The van der Waals surface area contributed by atoms with Crippen molar-refractivity contribution in [2.24, 2.45) is 0 Å². The molecular formula is C16H32N2O2. The van der Waals surface area contributed by atoms with Gasteiger partial charge in [0, 0.05) is 12.1 Å². The Morgan fingerprint density at radius 3 is 2.75 bits per heavy atom. The largest absolute Gasteiger partial charge is 0.468 e. The third kappa shape index (κ3) is 4.45. The van der Waals surface area contributed by atoms with Gasteiger partial charge in [-0.2, -0.15) is 0 Å². The highest BCUT2D eigenvalue weighted by atomic mass is 16.5. The Hall–Kier alpha value is -0.610. The minimum atomic E-state index is -0.582. The Kier molecular flexibility index (Phi) is 6.96. The second-order valence-corrected chi connectivity index (χ2v) is 6.39. The Balaban J connectivity index is 2.69. The monoisotopic (exact) mass is 284 g/mol. The zero-order valence-electron chi connectivity index (χ0n) is 13.9. The molecule has 4 nitrogen and oxygen atoms in total. The van der Waals surface area contributed by atoms with Crippen molar-refractivity contribution < 1.29 is 9.53 Å². The lowest BCUT2D eigenvalue weighted by Crippen LogP contribution is -2.55. The molecule has 0 aromatic rings. The molecule has 1 fully saturated rings. The summed E-state index contributed by atoms with van der Waals surface area (Å²) in [6.07, 6.45) is 5.67. The molecule has 1 N–H and O–H groups in total. The number of carbonyl (C=O) groups is 1. The van der Waals surface area contributed by atoms with Gasteiger partial charge in [0.1, 0.15) is 5.54 Å². The van der Waals surface area contributed by atoms with Gasteiger partial charge >= 0.3 is 5.97 Å². The van der Waals surface area contributed by atoms with Gasteiger partial charge in [0.15, 0.2) is 0 Å². The summed E-state index contributed by atoms with van der Waals surface area (Å²) in [6.45, 7) is 10.6. The van der Waals surface area contributed by atoms with E-state index in [4.69, 9.17) is 4.74 Å². The van der Waals surface area contributed by atoms with Gasteiger partial charge in [0.25, 0.3) is 0 Å². The van der Waals surface area contributed by atoms with Crippen LogP contribution >= 0.6 is 0 Å². The van der Waals surface area contributed by atoms with Crippen molar-refractivity contribution in [1.29, 1.82) is 0 Å². The second-order valence-electron chi connectivity index (χ2n) is 6.39. The number of ether oxygens (including phenoxy) is 1. The van der Waals surface area contributed by atoms with Crippen LogP contribution in [0.2, 0.25) is 0 Å². The van der Waals surface area contributed by atoms with E-state index < -0.39 is 5.54 Å². The average molecular weight is 284 g/mol. The molecule has 1 aliphatic rings. The summed E-state index contributed by atoms with van der Waals surface area (Å²) in [6, 6.07) is 1.01. The van der Waals surface area contributed by atoms with Crippen LogP contribution in [0.5, 0.6) is 0 Å². The van der Waals surface area contributed by atoms with Crippen LogP contribution in [0, 0.1) is 0 Å². The molecule has 3 atom stereocenters. The van der Waals surface area contributed by atoms with E-state index in [2.05, 4.69) is 31.0 Å². The minimum absolute atomic E-state index is 0.150. The lowest BCUT2D eigenvalue weighted by molar-refractivity contribution is -0.149. The minimum Gasteiger partial charge on any atom is -0.468 e. The standard InChI is InChI=1S/C16H32N2O2/c1-6-10-17-16(4,15(19)20-5)12-14(3)18-11-8-7-9-13(18)2/h13-14,17H,6-12H2,1-5H3. The van der Waals surface area contributed by atoms with Crippen LogP contribution in [-0.2, 0) is 9.53 Å². The van der Waals surface area contributed by atoms with E-state index in [-0.39, 0.29) is 5.97 Å². The quantitative estimate of drug-likeness (QED) is 0.730. The fourth-order valence-electron chi connectivity index (χ4n) is 3.34. The van der Waals surface area contributed by atoms with E-state index in [9.17, 15) is 4.79 Å². The molecule has 20 heavy (non-hydrogen) atoms. The number of nitrogens with zero attached hydrogens (tertiary/aromatic N) is 1. The topological polar surface area (TPSA) is 41.6 Å². The molecule has 1 aliphatic heterocycles. The molecule has 0 bridgehead atoms. The molecule has 0 radical (unpaired) electrons. The van der Waals surface area contributed by atoms with Crippen molar-refractivity contribution >= 4 is 5.97 Å². The highest BCUT2D eigenvalue weighted by molar-refractivity contribution is 5.80. The first-order chi connectivity index (χ1) is 9.44. The van der Waals surface area contributed by atoms with Crippen LogP contribution in [0.4, 0.5) is 0 Å². The third-order valence-electron chi connectivity index (χ3n) is 4.53. The summed E-state index contributed by atoms with van der Waals surface area (Å²) < 4.78 is 5.01. The SMILES string of the molecule is CCCNC(C)(CC(C)N1CCCCC1C)C(=O)OC. The third-order valence-corrected chi connectivity index (χ3v) is 4.53. The molecule has 0 amide bonds. The van der Waals surface area contributed by atoms with E-state index >= 15 is 0 Å². The summed E-state index contributed by atoms with van der Waals surface area (Å²) in [5.74, 6) is -0.150. The van der Waals surface area contributed by atoms with Gasteiger partial charge in [0.05, 0.1) is 7.11 Å². The second kappa shape index (κ2) is 7.99. The first-order valence-corrected chi connectivity index (χ1v) is 8.03. The van der Waals surface area contributed by atoms with Crippen LogP contribution < -0.4 is 5.32 Å². The maximum absolute atomic E-state index is 12.1. The molecule has 0 aromatic carbocycles. The summed E-state index contributed by atoms with van der Waals surface area (Å²) in [5, 5.41) is 3.38. The maximum Gasteiger partial charge on any atom is 0.325 e. The van der Waals surface area contributed by atoms with Crippen LogP contribution in [0.25, 0.3) is 0 Å². The average Bonchev–Trinajstić information content (AvgIpc) is 2.44. The molecular weight excluding hydrogens is 252 g/mol. The number of hydrogen-bond acceptors (Lipinski definition) is 4. The Morgan fingerprint density at radius 2 is 2.20 bits per heavy atom. The fraction of sp³-hybridized carbons (Fsp3) is 0.938. The van der Waals surface area contributed by atoms with Gasteiger partial charge in [-0.1, -0.05) is 13.3 Å². The maximum atomic E-state index is 12.1. The number of piperidine rings is 1. The Bertz CT molecular complexity index is 309.